The van der Waals surface area contributed by atoms with Crippen LogP contribution < -0.4 is 9.47 Å². The van der Waals surface area contributed by atoms with Crippen molar-refractivity contribution in [2.45, 2.75) is 39.5 Å². The summed E-state index contributed by atoms with van der Waals surface area (Å²) in [6.45, 7) is 6.33. The summed E-state index contributed by atoms with van der Waals surface area (Å²) in [5, 5.41) is 0. The number of ether oxygens (including phenoxy) is 4. The van der Waals surface area contributed by atoms with Crippen molar-refractivity contribution >= 4 is 6.29 Å². The van der Waals surface area contributed by atoms with E-state index in [1.165, 1.54) is 5.56 Å². The van der Waals surface area contributed by atoms with Crippen LogP contribution in [-0.2, 0) is 20.7 Å². The van der Waals surface area contributed by atoms with Gasteiger partial charge in [0.25, 0.3) is 0 Å². The quantitative estimate of drug-likeness (QED) is 0.370. The summed E-state index contributed by atoms with van der Waals surface area (Å²) in [7, 11) is 8.87. The summed E-state index contributed by atoms with van der Waals surface area (Å²) in [4.78, 5) is 13.9. The molecule has 1 unspecified atom stereocenters. The molecule has 0 N–H and O–H groups in total. The second-order valence-corrected chi connectivity index (χ2v) is 9.07. The maximum Gasteiger partial charge on any atom is 0.122 e. The number of aldehydes is 1. The lowest BCUT2D eigenvalue weighted by Gasteiger charge is -2.46. The molecule has 0 radical (unpaired) electrons. The van der Waals surface area contributed by atoms with Gasteiger partial charge in [-0.1, -0.05) is 13.8 Å². The first-order valence-corrected chi connectivity index (χ1v) is 11.7. The summed E-state index contributed by atoms with van der Waals surface area (Å²) in [5.74, 6) is 3.67. The minimum absolute atomic E-state index is 0.0551. The van der Waals surface area contributed by atoms with Crippen LogP contribution in [0.1, 0.15) is 38.7 Å². The number of likely N-dealkylation sites (N-methyl/N-ethyl adjacent to an activating group) is 1. The number of hydrogen-bond donors (Lipinski definition) is 0. The average Bonchev–Trinajstić information content (AvgIpc) is 2.82. The largest absolute Gasteiger partial charge is 0.500 e. The molecule has 1 aliphatic carbocycles. The van der Waals surface area contributed by atoms with Gasteiger partial charge in [0, 0.05) is 36.4 Å². The maximum absolute atomic E-state index is 11.5. The average molecular weight is 460 g/mol. The Bertz CT molecular complexity index is 810. The van der Waals surface area contributed by atoms with Gasteiger partial charge in [-0.05, 0) is 62.5 Å². The lowest BCUT2D eigenvalue weighted by atomic mass is 9.61. The second kappa shape index (κ2) is 12.7. The number of benzene rings is 1. The van der Waals surface area contributed by atoms with E-state index in [2.05, 4.69) is 44.0 Å². The van der Waals surface area contributed by atoms with Crippen molar-refractivity contribution in [1.82, 2.24) is 4.90 Å². The van der Waals surface area contributed by atoms with Crippen molar-refractivity contribution in [2.24, 2.45) is 17.3 Å². The number of methoxy groups -OCH3 is 4. The Morgan fingerprint density at radius 1 is 1.00 bits per heavy atom. The molecule has 0 spiro atoms. The van der Waals surface area contributed by atoms with Crippen LogP contribution in [0.3, 0.4) is 0 Å². The molecule has 0 aliphatic heterocycles. The summed E-state index contributed by atoms with van der Waals surface area (Å²) >= 11 is 0. The molecule has 6 heteroatoms. The first-order valence-electron chi connectivity index (χ1n) is 11.7. The predicted molar refractivity (Wildman–Crippen MR) is 132 cm³/mol. The van der Waals surface area contributed by atoms with E-state index in [1.807, 2.05) is 12.1 Å². The zero-order valence-corrected chi connectivity index (χ0v) is 21.3. The first kappa shape index (κ1) is 26.8. The van der Waals surface area contributed by atoms with Gasteiger partial charge in [-0.25, -0.2) is 0 Å². The Labute approximate surface area is 199 Å². The van der Waals surface area contributed by atoms with Gasteiger partial charge < -0.3 is 28.6 Å². The Kier molecular flexibility index (Phi) is 10.3. The molecule has 0 aromatic heterocycles. The first-order chi connectivity index (χ1) is 15.8. The molecule has 0 heterocycles. The molecule has 0 amide bonds. The highest BCUT2D eigenvalue weighted by molar-refractivity contribution is 5.52. The van der Waals surface area contributed by atoms with Crippen molar-refractivity contribution in [3.8, 4) is 11.5 Å². The maximum atomic E-state index is 11.5. The smallest absolute Gasteiger partial charge is 0.122 e. The lowest BCUT2D eigenvalue weighted by Crippen LogP contribution is -2.40. The van der Waals surface area contributed by atoms with Crippen LogP contribution in [-0.4, -0.2) is 59.8 Å². The third-order valence-electron chi connectivity index (χ3n) is 6.92. The van der Waals surface area contributed by atoms with Gasteiger partial charge in [0.1, 0.15) is 29.3 Å². The summed E-state index contributed by atoms with van der Waals surface area (Å²) in [6.07, 6.45) is 8.41. The van der Waals surface area contributed by atoms with E-state index in [1.54, 1.807) is 28.4 Å². The molecule has 184 valence electrons. The Morgan fingerprint density at radius 3 is 2.18 bits per heavy atom. The molecule has 1 aromatic carbocycles. The zero-order valence-electron chi connectivity index (χ0n) is 21.3. The number of allylic oxidation sites excluding steroid dienone is 3. The van der Waals surface area contributed by atoms with Crippen LogP contribution in [0.2, 0.25) is 0 Å². The highest BCUT2D eigenvalue weighted by atomic mass is 16.5. The van der Waals surface area contributed by atoms with E-state index in [0.29, 0.717) is 12.3 Å². The van der Waals surface area contributed by atoms with E-state index < -0.39 is 0 Å². The highest BCUT2D eigenvalue weighted by Crippen LogP contribution is 2.51. The minimum atomic E-state index is -0.224. The molecule has 2 atom stereocenters. The van der Waals surface area contributed by atoms with Crippen molar-refractivity contribution in [2.75, 3.05) is 48.6 Å². The SMILES string of the molecule is COC1=C[C@@H](CC=O)C(CCCN(C)CCc2cc(OC)cc(OC)c2)(C(C)C)C(OC)=C1. The molecular weight excluding hydrogens is 418 g/mol. The number of hydrogen-bond acceptors (Lipinski definition) is 6. The summed E-state index contributed by atoms with van der Waals surface area (Å²) in [6, 6.07) is 6.01. The fourth-order valence-electron chi connectivity index (χ4n) is 4.99. The Balaban J connectivity index is 2.05. The third-order valence-corrected chi connectivity index (χ3v) is 6.92. The molecule has 0 saturated heterocycles. The Hall–Kier alpha value is -2.47. The van der Waals surface area contributed by atoms with E-state index in [-0.39, 0.29) is 11.3 Å². The van der Waals surface area contributed by atoms with E-state index in [4.69, 9.17) is 18.9 Å². The van der Waals surface area contributed by atoms with Crippen LogP contribution in [0, 0.1) is 17.3 Å². The Morgan fingerprint density at radius 2 is 1.67 bits per heavy atom. The van der Waals surface area contributed by atoms with Crippen LogP contribution in [0.25, 0.3) is 0 Å². The van der Waals surface area contributed by atoms with E-state index in [9.17, 15) is 4.79 Å². The highest BCUT2D eigenvalue weighted by Gasteiger charge is 2.46. The molecule has 0 bridgehead atoms. The fourth-order valence-corrected chi connectivity index (χ4v) is 4.99. The molecule has 0 saturated carbocycles. The van der Waals surface area contributed by atoms with Gasteiger partial charge >= 0.3 is 0 Å². The molecule has 0 fully saturated rings. The van der Waals surface area contributed by atoms with Crippen molar-refractivity contribution in [1.29, 1.82) is 0 Å². The van der Waals surface area contributed by atoms with Crippen LogP contribution >= 0.6 is 0 Å². The summed E-state index contributed by atoms with van der Waals surface area (Å²) < 4.78 is 22.1. The zero-order chi connectivity index (χ0) is 24.4. The van der Waals surface area contributed by atoms with Gasteiger partial charge in [0.2, 0.25) is 0 Å². The van der Waals surface area contributed by atoms with Crippen LogP contribution in [0.5, 0.6) is 11.5 Å². The van der Waals surface area contributed by atoms with E-state index >= 15 is 0 Å². The topological polar surface area (TPSA) is 57.2 Å². The molecular formula is C27H41NO5. The molecule has 1 aliphatic rings. The lowest BCUT2D eigenvalue weighted by molar-refractivity contribution is -0.109. The standard InChI is InChI=1S/C27H41NO5/c1-20(2)27(22(10-14-29)17-25(32-6)19-26(27)33-7)11-8-12-28(3)13-9-21-15-23(30-4)18-24(16-21)31-5/h14-20,22H,8-13H2,1-7H3/t22-,27?/m1/s1. The number of rotatable bonds is 14. The summed E-state index contributed by atoms with van der Waals surface area (Å²) in [5.41, 5.74) is 0.968. The van der Waals surface area contributed by atoms with Crippen molar-refractivity contribution in [3.05, 3.63) is 47.4 Å². The molecule has 6 nitrogen and oxygen atoms in total. The fraction of sp³-hybridized carbons (Fsp3) is 0.593. The number of carbonyl (C=O) groups excluding carboxylic acids is 1. The van der Waals surface area contributed by atoms with Gasteiger partial charge in [0.15, 0.2) is 0 Å². The predicted octanol–water partition coefficient (Wildman–Crippen LogP) is 4.88. The molecule has 2 rings (SSSR count). The van der Waals surface area contributed by atoms with E-state index in [0.717, 1.165) is 61.7 Å². The number of nitrogens with zero attached hydrogens (tertiary/aromatic N) is 1. The van der Waals surface area contributed by atoms with Crippen molar-refractivity contribution in [3.63, 3.8) is 0 Å². The van der Waals surface area contributed by atoms with Crippen LogP contribution in [0.15, 0.2) is 41.9 Å². The third kappa shape index (κ3) is 6.53. The molecule has 33 heavy (non-hydrogen) atoms. The van der Waals surface area contributed by atoms with Gasteiger partial charge in [0.05, 0.1) is 28.4 Å². The van der Waals surface area contributed by atoms with Crippen LogP contribution in [0.4, 0.5) is 0 Å². The second-order valence-electron chi connectivity index (χ2n) is 9.07. The van der Waals surface area contributed by atoms with Crippen molar-refractivity contribution < 1.29 is 23.7 Å². The van der Waals surface area contributed by atoms with Gasteiger partial charge in [-0.3, -0.25) is 0 Å². The molecule has 1 aromatic rings. The number of carbonyl (C=O) groups is 1. The normalized spacial score (nSPS) is 20.3. The van der Waals surface area contributed by atoms with Gasteiger partial charge in [-0.15, -0.1) is 0 Å². The minimum Gasteiger partial charge on any atom is -0.500 e. The van der Waals surface area contributed by atoms with Gasteiger partial charge in [-0.2, -0.15) is 0 Å². The monoisotopic (exact) mass is 459 g/mol.